The Balaban J connectivity index is 2.28. The molecule has 0 aromatic heterocycles. The van der Waals surface area contributed by atoms with Gasteiger partial charge in [0.25, 0.3) is 0 Å². The van der Waals surface area contributed by atoms with E-state index in [-0.39, 0.29) is 6.61 Å². The molecule has 0 radical (unpaired) electrons. The molecule has 0 spiro atoms. The van der Waals surface area contributed by atoms with Gasteiger partial charge in [-0.05, 0) is 23.5 Å². The van der Waals surface area contributed by atoms with Gasteiger partial charge in [0.05, 0.1) is 0 Å². The van der Waals surface area contributed by atoms with Gasteiger partial charge in [0.15, 0.2) is 0 Å². The minimum absolute atomic E-state index is 0.246. The van der Waals surface area contributed by atoms with E-state index < -0.39 is 6.04 Å². The number of rotatable bonds is 7. The first-order chi connectivity index (χ1) is 10.3. The smallest absolute Gasteiger partial charge is 0.0433 e. The van der Waals surface area contributed by atoms with E-state index in [0.29, 0.717) is 0 Å². The number of hydrogen-bond acceptors (Lipinski definition) is 2. The molecule has 0 fully saturated rings. The zero-order valence-electron chi connectivity index (χ0n) is 12.1. The Kier molecular flexibility index (Phi) is 6.38. The summed E-state index contributed by atoms with van der Waals surface area (Å²) in [7, 11) is 0. The van der Waals surface area contributed by atoms with Gasteiger partial charge in [0, 0.05) is 18.8 Å². The third-order valence-electron chi connectivity index (χ3n) is 3.40. The fourth-order valence-electron chi connectivity index (χ4n) is 2.25. The largest absolute Gasteiger partial charge is 0.396 e. The summed E-state index contributed by atoms with van der Waals surface area (Å²) in [5, 5.41) is 11.4. The van der Waals surface area contributed by atoms with E-state index in [1.807, 2.05) is 12.1 Å². The molecule has 2 aromatic carbocycles. The number of allylic oxidation sites excluding steroid dienone is 2. The highest BCUT2D eigenvalue weighted by atomic mass is 32.4. The summed E-state index contributed by atoms with van der Waals surface area (Å²) in [6.45, 7) is 0.246. The second-order valence-corrected chi connectivity index (χ2v) is 9.68. The van der Waals surface area contributed by atoms with Crippen molar-refractivity contribution in [2.75, 3.05) is 12.8 Å². The standard InChI is InChI=1S/C18H21OPS/c19-15-9-1-2-10-16-20(21,17-11-5-3-6-12-17)18-13-7-4-8-14-18/h2-8,10-14,19H,1,9,15-16H2/b10-2+. The molecule has 3 heteroatoms. The van der Waals surface area contributed by atoms with Crippen molar-refractivity contribution in [2.24, 2.45) is 0 Å². The van der Waals surface area contributed by atoms with Crippen molar-refractivity contribution < 1.29 is 5.11 Å². The molecular formula is C18H21OPS. The zero-order valence-corrected chi connectivity index (χ0v) is 13.8. The Hall–Kier alpha value is -1.21. The Morgan fingerprint density at radius 1 is 0.857 bits per heavy atom. The molecule has 0 aliphatic heterocycles. The summed E-state index contributed by atoms with van der Waals surface area (Å²) >= 11 is 6.12. The highest BCUT2D eigenvalue weighted by molar-refractivity contribution is 8.22. The van der Waals surface area contributed by atoms with Crippen LogP contribution >= 0.6 is 6.04 Å². The van der Waals surface area contributed by atoms with E-state index in [4.69, 9.17) is 16.9 Å². The summed E-state index contributed by atoms with van der Waals surface area (Å²) in [6.07, 6.45) is 6.95. The van der Waals surface area contributed by atoms with E-state index in [1.165, 1.54) is 10.6 Å². The van der Waals surface area contributed by atoms with Gasteiger partial charge in [0.1, 0.15) is 0 Å². The van der Waals surface area contributed by atoms with Crippen LogP contribution in [0.15, 0.2) is 72.8 Å². The first-order valence-electron chi connectivity index (χ1n) is 7.23. The van der Waals surface area contributed by atoms with Crippen LogP contribution in [-0.2, 0) is 11.8 Å². The third kappa shape index (κ3) is 4.38. The summed E-state index contributed by atoms with van der Waals surface area (Å²) in [5.41, 5.74) is 0. The second-order valence-electron chi connectivity index (χ2n) is 4.93. The number of unbranched alkanes of at least 4 members (excludes halogenated alkanes) is 1. The Labute approximate surface area is 132 Å². The minimum atomic E-state index is -1.79. The Morgan fingerprint density at radius 2 is 1.38 bits per heavy atom. The van der Waals surface area contributed by atoms with E-state index in [0.717, 1.165) is 19.0 Å². The second kappa shape index (κ2) is 8.29. The summed E-state index contributed by atoms with van der Waals surface area (Å²) < 4.78 is 0. The number of benzene rings is 2. The third-order valence-corrected chi connectivity index (χ3v) is 8.11. The summed E-state index contributed by atoms with van der Waals surface area (Å²) in [6, 6.07) is 19.1. The van der Waals surface area contributed by atoms with Crippen LogP contribution in [0.4, 0.5) is 0 Å². The fraction of sp³-hybridized carbons (Fsp3) is 0.222. The van der Waals surface area contributed by atoms with Gasteiger partial charge < -0.3 is 5.11 Å². The van der Waals surface area contributed by atoms with E-state index in [2.05, 4.69) is 60.7 Å². The molecule has 0 atom stereocenters. The van der Waals surface area contributed by atoms with Crippen molar-refractivity contribution in [3.63, 3.8) is 0 Å². The highest BCUT2D eigenvalue weighted by Gasteiger charge is 2.20. The highest BCUT2D eigenvalue weighted by Crippen LogP contribution is 2.43. The number of aliphatic hydroxyl groups excluding tert-OH is 1. The molecule has 0 aliphatic rings. The molecule has 1 nitrogen and oxygen atoms in total. The molecule has 2 aromatic rings. The first kappa shape index (κ1) is 16.2. The number of aliphatic hydroxyl groups is 1. The predicted molar refractivity (Wildman–Crippen MR) is 96.8 cm³/mol. The molecule has 0 amide bonds. The first-order valence-corrected chi connectivity index (χ1v) is 10.2. The fourth-order valence-corrected chi connectivity index (χ4v) is 5.71. The average Bonchev–Trinajstić information content (AvgIpc) is 2.56. The molecule has 0 bridgehead atoms. The van der Waals surface area contributed by atoms with E-state index in [1.54, 1.807) is 0 Å². The van der Waals surface area contributed by atoms with Gasteiger partial charge in [-0.2, -0.15) is 0 Å². The monoisotopic (exact) mass is 316 g/mol. The molecule has 0 saturated heterocycles. The molecule has 0 aliphatic carbocycles. The number of hydrogen-bond donors (Lipinski definition) is 1. The van der Waals surface area contributed by atoms with Crippen LogP contribution in [0.25, 0.3) is 0 Å². The van der Waals surface area contributed by atoms with Crippen molar-refractivity contribution in [1.82, 2.24) is 0 Å². The van der Waals surface area contributed by atoms with Crippen molar-refractivity contribution >= 4 is 28.5 Å². The maximum absolute atomic E-state index is 8.83. The maximum atomic E-state index is 8.83. The normalized spacial score (nSPS) is 11.9. The lowest BCUT2D eigenvalue weighted by Crippen LogP contribution is -2.17. The van der Waals surface area contributed by atoms with Crippen LogP contribution in [0.2, 0.25) is 0 Å². The van der Waals surface area contributed by atoms with Crippen molar-refractivity contribution in [2.45, 2.75) is 12.8 Å². The zero-order chi connectivity index (χ0) is 15.0. The SMILES string of the molecule is OCCC/C=C/CP(=S)(c1ccccc1)c1ccccc1. The van der Waals surface area contributed by atoms with Crippen molar-refractivity contribution in [3.05, 3.63) is 72.8 Å². The van der Waals surface area contributed by atoms with Crippen LogP contribution in [0.3, 0.4) is 0 Å². The molecule has 0 heterocycles. The Morgan fingerprint density at radius 3 is 1.86 bits per heavy atom. The van der Waals surface area contributed by atoms with Gasteiger partial charge in [-0.15, -0.1) is 0 Å². The van der Waals surface area contributed by atoms with Gasteiger partial charge in [-0.1, -0.05) is 84.6 Å². The summed E-state index contributed by atoms with van der Waals surface area (Å²) in [4.78, 5) is 0. The minimum Gasteiger partial charge on any atom is -0.396 e. The maximum Gasteiger partial charge on any atom is 0.0433 e. The van der Waals surface area contributed by atoms with Gasteiger partial charge in [-0.25, -0.2) is 0 Å². The van der Waals surface area contributed by atoms with Crippen LogP contribution in [0.5, 0.6) is 0 Å². The lowest BCUT2D eigenvalue weighted by Gasteiger charge is -2.21. The van der Waals surface area contributed by atoms with Crippen molar-refractivity contribution in [1.29, 1.82) is 0 Å². The van der Waals surface area contributed by atoms with Crippen LogP contribution in [0, 0.1) is 0 Å². The quantitative estimate of drug-likeness (QED) is 0.480. The molecular weight excluding hydrogens is 295 g/mol. The predicted octanol–water partition coefficient (Wildman–Crippen LogP) is 3.45. The molecule has 2 rings (SSSR count). The topological polar surface area (TPSA) is 20.2 Å². The lowest BCUT2D eigenvalue weighted by molar-refractivity contribution is 0.289. The van der Waals surface area contributed by atoms with Crippen LogP contribution < -0.4 is 10.6 Å². The average molecular weight is 316 g/mol. The van der Waals surface area contributed by atoms with Crippen LogP contribution in [0.1, 0.15) is 12.8 Å². The Bertz CT molecular complexity index is 564. The van der Waals surface area contributed by atoms with Crippen molar-refractivity contribution in [3.8, 4) is 0 Å². The van der Waals surface area contributed by atoms with Gasteiger partial charge in [-0.3, -0.25) is 0 Å². The molecule has 0 saturated carbocycles. The van der Waals surface area contributed by atoms with Crippen LogP contribution in [-0.4, -0.2) is 17.9 Å². The molecule has 110 valence electrons. The van der Waals surface area contributed by atoms with E-state index in [9.17, 15) is 0 Å². The molecule has 1 N–H and O–H groups in total. The van der Waals surface area contributed by atoms with Gasteiger partial charge >= 0.3 is 0 Å². The summed E-state index contributed by atoms with van der Waals surface area (Å²) in [5.74, 6) is 0. The molecule has 0 unspecified atom stereocenters. The van der Waals surface area contributed by atoms with E-state index >= 15 is 0 Å². The van der Waals surface area contributed by atoms with Gasteiger partial charge in [0.2, 0.25) is 0 Å². The molecule has 21 heavy (non-hydrogen) atoms. The lowest BCUT2D eigenvalue weighted by atomic mass is 10.3.